The first-order valence-corrected chi connectivity index (χ1v) is 10.4. The monoisotopic (exact) mass is 421 g/mol. The first kappa shape index (κ1) is 20.9. The molecule has 152 valence electrons. The van der Waals surface area contributed by atoms with Gasteiger partial charge >= 0.3 is 6.18 Å². The van der Waals surface area contributed by atoms with Crippen LogP contribution in [0.25, 0.3) is 11.3 Å². The number of alkyl halides is 3. The van der Waals surface area contributed by atoms with Crippen LogP contribution >= 0.6 is 0 Å². The van der Waals surface area contributed by atoms with E-state index in [1.165, 1.54) is 19.2 Å². The Balaban J connectivity index is 1.91. The van der Waals surface area contributed by atoms with E-state index in [2.05, 4.69) is 4.98 Å². The molecule has 0 amide bonds. The Morgan fingerprint density at radius 3 is 2.31 bits per heavy atom. The van der Waals surface area contributed by atoms with Crippen molar-refractivity contribution < 1.29 is 26.3 Å². The van der Waals surface area contributed by atoms with E-state index in [9.17, 15) is 21.6 Å². The lowest BCUT2D eigenvalue weighted by Crippen LogP contribution is -2.11. The highest BCUT2D eigenvalue weighted by Gasteiger charge is 2.32. The summed E-state index contributed by atoms with van der Waals surface area (Å²) in [5, 5.41) is 0. The molecule has 0 saturated heterocycles. The van der Waals surface area contributed by atoms with Crippen molar-refractivity contribution in [3.8, 4) is 17.0 Å². The van der Waals surface area contributed by atoms with Crippen LogP contribution in [0, 0.1) is 0 Å². The number of benzene rings is 2. The van der Waals surface area contributed by atoms with Gasteiger partial charge in [-0.15, -0.1) is 0 Å². The zero-order valence-corrected chi connectivity index (χ0v) is 16.3. The molecule has 0 fully saturated rings. The molecule has 3 rings (SSSR count). The molecular formula is C21H18F3NO3S. The summed E-state index contributed by atoms with van der Waals surface area (Å²) < 4.78 is 69.5. The molecule has 0 aliphatic rings. The number of sulfone groups is 1. The van der Waals surface area contributed by atoms with Crippen LogP contribution in [-0.4, -0.2) is 19.2 Å². The van der Waals surface area contributed by atoms with Gasteiger partial charge in [-0.2, -0.15) is 13.2 Å². The van der Waals surface area contributed by atoms with E-state index in [1.54, 1.807) is 6.07 Å². The molecule has 2 aromatic carbocycles. The predicted molar refractivity (Wildman–Crippen MR) is 103 cm³/mol. The Kier molecular flexibility index (Phi) is 5.93. The number of rotatable bonds is 6. The van der Waals surface area contributed by atoms with Gasteiger partial charge in [0.15, 0.2) is 9.84 Å². The smallest absolute Gasteiger partial charge is 0.416 e. The van der Waals surface area contributed by atoms with E-state index in [4.69, 9.17) is 4.74 Å². The fourth-order valence-corrected chi connectivity index (χ4v) is 3.81. The van der Waals surface area contributed by atoms with E-state index >= 15 is 0 Å². The number of pyridine rings is 1. The van der Waals surface area contributed by atoms with Crippen LogP contribution in [0.4, 0.5) is 13.2 Å². The minimum Gasteiger partial charge on any atom is -0.487 e. The van der Waals surface area contributed by atoms with Crippen molar-refractivity contribution in [1.82, 2.24) is 4.98 Å². The minimum absolute atomic E-state index is 0.120. The maximum absolute atomic E-state index is 13.0. The quantitative estimate of drug-likeness (QED) is 0.553. The van der Waals surface area contributed by atoms with Gasteiger partial charge in [0.2, 0.25) is 0 Å². The molecule has 0 unspecified atom stereocenters. The van der Waals surface area contributed by atoms with Crippen LogP contribution in [0.1, 0.15) is 18.1 Å². The number of aromatic nitrogens is 1. The summed E-state index contributed by atoms with van der Waals surface area (Å²) in [4.78, 5) is 3.80. The van der Waals surface area contributed by atoms with E-state index < -0.39 is 21.6 Å². The van der Waals surface area contributed by atoms with Gasteiger partial charge in [-0.3, -0.25) is 4.98 Å². The molecule has 0 aliphatic heterocycles. The molecule has 8 heteroatoms. The highest BCUT2D eigenvalue weighted by Crippen LogP contribution is 2.35. The Hall–Kier alpha value is -2.87. The van der Waals surface area contributed by atoms with Gasteiger partial charge in [0.1, 0.15) is 12.4 Å². The molecule has 1 aromatic heterocycles. The van der Waals surface area contributed by atoms with Crippen LogP contribution in [0.15, 0.2) is 71.8 Å². The molecule has 29 heavy (non-hydrogen) atoms. The van der Waals surface area contributed by atoms with E-state index in [-0.39, 0.29) is 21.9 Å². The van der Waals surface area contributed by atoms with Crippen LogP contribution < -0.4 is 4.74 Å². The largest absolute Gasteiger partial charge is 0.487 e. The van der Waals surface area contributed by atoms with E-state index in [0.29, 0.717) is 18.4 Å². The van der Waals surface area contributed by atoms with Crippen molar-refractivity contribution >= 4 is 9.84 Å². The van der Waals surface area contributed by atoms with Gasteiger partial charge < -0.3 is 4.74 Å². The van der Waals surface area contributed by atoms with Crippen LogP contribution in [0.5, 0.6) is 5.75 Å². The van der Waals surface area contributed by atoms with Crippen molar-refractivity contribution in [3.63, 3.8) is 0 Å². The molecule has 4 nitrogen and oxygen atoms in total. The Labute approximate surface area is 166 Å². The summed E-state index contributed by atoms with van der Waals surface area (Å²) in [6, 6.07) is 15.3. The molecular weight excluding hydrogens is 403 g/mol. The van der Waals surface area contributed by atoms with Crippen molar-refractivity contribution in [2.24, 2.45) is 0 Å². The summed E-state index contributed by atoms with van der Waals surface area (Å²) in [6.07, 6.45) is -3.22. The fourth-order valence-electron chi connectivity index (χ4n) is 2.69. The normalized spacial score (nSPS) is 12.0. The predicted octanol–water partition coefficient (Wildman–Crippen LogP) is 5.14. The van der Waals surface area contributed by atoms with Gasteiger partial charge in [-0.05, 0) is 29.8 Å². The second kappa shape index (κ2) is 8.24. The van der Waals surface area contributed by atoms with Crippen LogP contribution in [-0.2, 0) is 22.6 Å². The summed E-state index contributed by atoms with van der Waals surface area (Å²) in [6.45, 7) is 1.71. The fraction of sp³-hybridized carbons (Fsp3) is 0.190. The molecule has 0 radical (unpaired) electrons. The van der Waals surface area contributed by atoms with Crippen molar-refractivity contribution in [1.29, 1.82) is 0 Å². The van der Waals surface area contributed by atoms with Gasteiger partial charge in [-0.25, -0.2) is 8.42 Å². The zero-order chi connectivity index (χ0) is 21.1. The lowest BCUT2D eigenvalue weighted by Gasteiger charge is -2.14. The zero-order valence-electron chi connectivity index (χ0n) is 15.5. The van der Waals surface area contributed by atoms with Crippen LogP contribution in [0.3, 0.4) is 0 Å². The third-order valence-corrected chi connectivity index (χ3v) is 6.05. The summed E-state index contributed by atoms with van der Waals surface area (Å²) in [7, 11) is -3.89. The highest BCUT2D eigenvalue weighted by molar-refractivity contribution is 7.91. The highest BCUT2D eigenvalue weighted by atomic mass is 32.2. The molecule has 1 heterocycles. The molecule has 3 aromatic rings. The number of hydrogen-bond donors (Lipinski definition) is 0. The summed E-state index contributed by atoms with van der Waals surface area (Å²) >= 11 is 0. The standard InChI is InChI=1S/C21H18F3NO3S/c1-2-29(26,27)20-12-16(21(22,23)24)8-10-18(20)19-11-9-17(13-25-19)28-14-15-6-4-3-5-7-15/h3-13H,2,14H2,1H3. The maximum Gasteiger partial charge on any atom is 0.416 e. The van der Waals surface area contributed by atoms with Gasteiger partial charge in [0.05, 0.1) is 28.1 Å². The Morgan fingerprint density at radius 2 is 1.72 bits per heavy atom. The van der Waals surface area contributed by atoms with Gasteiger partial charge in [0, 0.05) is 5.56 Å². The lowest BCUT2D eigenvalue weighted by atomic mass is 10.1. The maximum atomic E-state index is 13.0. The van der Waals surface area contributed by atoms with Gasteiger partial charge in [0.25, 0.3) is 0 Å². The molecule has 0 N–H and O–H groups in total. The first-order valence-electron chi connectivity index (χ1n) is 8.78. The third-order valence-electron chi connectivity index (χ3n) is 4.28. The topological polar surface area (TPSA) is 56.3 Å². The SMILES string of the molecule is CCS(=O)(=O)c1cc(C(F)(F)F)ccc1-c1ccc(OCc2ccccc2)cn1. The number of hydrogen-bond acceptors (Lipinski definition) is 4. The van der Waals surface area contributed by atoms with Crippen molar-refractivity contribution in [2.75, 3.05) is 5.75 Å². The Morgan fingerprint density at radius 1 is 1.00 bits per heavy atom. The average molecular weight is 421 g/mol. The number of halogens is 3. The molecule has 0 saturated carbocycles. The number of nitrogens with zero attached hydrogens (tertiary/aromatic N) is 1. The second-order valence-corrected chi connectivity index (χ2v) is 8.51. The minimum atomic E-state index is -4.64. The Bertz CT molecular complexity index is 1080. The van der Waals surface area contributed by atoms with Gasteiger partial charge in [-0.1, -0.05) is 43.3 Å². The molecule has 0 aliphatic carbocycles. The molecule has 0 atom stereocenters. The summed E-state index contributed by atoms with van der Waals surface area (Å²) in [5.74, 6) is 0.143. The third kappa shape index (κ3) is 4.95. The van der Waals surface area contributed by atoms with E-state index in [1.807, 2.05) is 30.3 Å². The second-order valence-electron chi connectivity index (χ2n) is 6.27. The van der Waals surface area contributed by atoms with Crippen molar-refractivity contribution in [2.45, 2.75) is 24.6 Å². The molecule has 0 spiro atoms. The lowest BCUT2D eigenvalue weighted by molar-refractivity contribution is -0.137. The van der Waals surface area contributed by atoms with Crippen molar-refractivity contribution in [3.05, 3.63) is 78.0 Å². The number of ether oxygens (including phenoxy) is 1. The average Bonchev–Trinajstić information content (AvgIpc) is 2.72. The van der Waals surface area contributed by atoms with Crippen LogP contribution in [0.2, 0.25) is 0 Å². The molecule has 0 bridgehead atoms. The first-order chi connectivity index (χ1) is 13.7. The summed E-state index contributed by atoms with van der Waals surface area (Å²) in [5.41, 5.74) is 0.319. The van der Waals surface area contributed by atoms with E-state index in [0.717, 1.165) is 17.7 Å².